The number of nitrogen functional groups attached to an aromatic ring is 7. The molecule has 0 aliphatic rings. The number of nitrogens with one attached hydrogen (secondary N) is 8. The number of thioether (sulfide) groups is 1. The van der Waals surface area contributed by atoms with Gasteiger partial charge < -0.3 is 102 Å². The fourth-order valence-electron chi connectivity index (χ4n) is 10.5. The Morgan fingerprint density at radius 3 is 1.08 bits per heavy atom. The van der Waals surface area contributed by atoms with Crippen LogP contribution in [-0.4, -0.2) is 146 Å². The molecular formula is C84H94Cl7N29O10S2. The minimum atomic E-state index is -3.17. The maximum absolute atomic E-state index is 11.4. The van der Waals surface area contributed by atoms with Crippen LogP contribution < -0.4 is 82.1 Å². The highest BCUT2D eigenvalue weighted by Gasteiger charge is 2.13. The topological polar surface area (TPSA) is 613 Å². The molecule has 0 bridgehead atoms. The summed E-state index contributed by atoms with van der Waals surface area (Å²) in [6.45, 7) is 1.56. The second-order valence-electron chi connectivity index (χ2n) is 25.6. The number of carbonyl (C=O) groups is 4. The molecule has 0 aliphatic heterocycles. The van der Waals surface area contributed by atoms with Crippen LogP contribution in [0.2, 0.25) is 0 Å². The first-order valence-electron chi connectivity index (χ1n) is 37.0. The van der Waals surface area contributed by atoms with E-state index < -0.39 is 15.8 Å². The highest BCUT2D eigenvalue weighted by molar-refractivity contribution is 7.98. The number of carbonyl (C=O) groups excluding carboxylic acids is 3. The number of benzene rings is 7. The minimum absolute atomic E-state index is 0. The number of aliphatic carboxylic acids is 1. The Morgan fingerprint density at radius 2 is 0.727 bits per heavy atom. The van der Waals surface area contributed by atoms with Crippen LogP contribution in [0.4, 0.5) is 122 Å². The van der Waals surface area contributed by atoms with Gasteiger partial charge in [0.15, 0.2) is 9.84 Å². The average molecular weight is 1980 g/mol. The maximum Gasteiger partial charge on any atom is 0.337 e. The van der Waals surface area contributed by atoms with Crippen LogP contribution in [-0.2, 0) is 41.7 Å². The van der Waals surface area contributed by atoms with E-state index in [0.717, 1.165) is 61.8 Å². The van der Waals surface area contributed by atoms with Crippen molar-refractivity contribution in [1.82, 2.24) is 74.8 Å². The van der Waals surface area contributed by atoms with E-state index in [1.165, 1.54) is 43.7 Å². The number of carboxylic acids is 1. The zero-order valence-corrected chi connectivity index (χ0v) is 78.1. The minimum Gasteiger partial charge on any atom is -0.495 e. The Labute approximate surface area is 805 Å². The van der Waals surface area contributed by atoms with Crippen molar-refractivity contribution in [2.75, 3.05) is 111 Å². The molecule has 7 aromatic carbocycles. The monoisotopic (exact) mass is 1980 g/mol. The van der Waals surface area contributed by atoms with Crippen molar-refractivity contribution in [3.63, 3.8) is 0 Å². The number of nitrogens with zero attached hydrogens (tertiary/aromatic N) is 14. The number of ketones is 1. The van der Waals surface area contributed by atoms with E-state index in [1.54, 1.807) is 184 Å². The lowest BCUT2D eigenvalue weighted by Gasteiger charge is -2.12. The predicted molar refractivity (Wildman–Crippen MR) is 536 cm³/mol. The summed E-state index contributed by atoms with van der Waals surface area (Å²) >= 11 is 1.71. The fraction of sp³-hybridized carbons (Fsp3) is 0.0952. The third kappa shape index (κ3) is 39.3. The fourth-order valence-corrected chi connectivity index (χ4v) is 11.5. The number of rotatable bonds is 23. The van der Waals surface area contributed by atoms with Gasteiger partial charge >= 0.3 is 17.9 Å². The molecule has 8 heterocycles. The second-order valence-corrected chi connectivity index (χ2v) is 28.5. The Kier molecular flexibility index (Phi) is 49.5. The molecule has 0 saturated carbocycles. The molecular weight excluding hydrogens is 1890 g/mol. The molecule has 0 amide bonds. The molecule has 0 unspecified atom stereocenters. The van der Waals surface area contributed by atoms with Crippen LogP contribution in [0.15, 0.2) is 266 Å². The first-order chi connectivity index (χ1) is 60.1. The highest BCUT2D eigenvalue weighted by Crippen LogP contribution is 2.30. The lowest BCUT2D eigenvalue weighted by atomic mass is 10.1. The molecule has 0 fully saturated rings. The quantitative estimate of drug-likeness (QED) is 0.0209. The molecule has 0 aliphatic carbocycles. The van der Waals surface area contributed by atoms with Gasteiger partial charge in [-0.25, -0.2) is 52.9 Å². The molecule has 15 aromatic rings. The Bertz CT molecular complexity index is 6230. The predicted octanol–water partition coefficient (Wildman–Crippen LogP) is 15.5. The van der Waals surface area contributed by atoms with E-state index in [2.05, 4.69) is 134 Å². The standard InChI is InChI=1S/C14H16N4O2.C12H11N5.3C12H12N4O2.C11H12N4O2S.C11H12N4S.7ClH/c1-9(19)7-10-3-4-11(12(8-10)20-2)17-13-5-6-16-14(15)18-13;13-12-15-6-4-11(17-12)16-9-1-2-10-8(7-9)3-5-14-10;1-18-11(17)8-2-4-9(5-3-8)15-10-6-7-14-12(13)16-10;1-18-11(17)8-3-2-4-9(7-8)15-10-5-6-14-12(13)16-10;13-12-14-6-5-10(16-12)15-9-3-1-8(2-4-9)7-11(17)18;1-18(16,17)9-4-2-8(3-5-9)14-10-6-7-13-11(12)15-10;1-16-9-4-2-8(3-5-9)14-10-6-7-13-11(12)15-10;;;;;;;/h3-6,8H,7H2,1-2H3,(H3,15,16,17,18);1-7,14H,(H3,13,15,16,17);2*2-7H,1H3,(H3,13,14,15,16);1-6H,7H2,(H,17,18)(H3,13,14,15,16);2-7H,1H3,(H3,12,13,14,15);2-7H,1H3,(H3,12,13,14,15);7*1H. The van der Waals surface area contributed by atoms with Crippen LogP contribution in [0.3, 0.4) is 0 Å². The first-order valence-corrected chi connectivity index (χ1v) is 40.1. The molecule has 8 aromatic heterocycles. The lowest BCUT2D eigenvalue weighted by Crippen LogP contribution is -2.03. The van der Waals surface area contributed by atoms with E-state index in [9.17, 15) is 27.6 Å². The third-order valence-electron chi connectivity index (χ3n) is 16.2. The Balaban J connectivity index is 0.000000517. The number of aromatic amines is 1. The van der Waals surface area contributed by atoms with Crippen LogP contribution in [0.5, 0.6) is 5.75 Å². The SMILES string of the molecule is COC(=O)c1ccc(Nc2ccnc(N)n2)cc1.COC(=O)c1cccc(Nc2ccnc(N)n2)c1.COc1cc(CC(C)=O)ccc1Nc1ccnc(N)n1.CS(=O)(=O)c1ccc(Nc2ccnc(N)n2)cc1.CSc1ccc(Nc2ccnc(N)n2)cc1.Cl.Cl.Cl.Cl.Cl.Cl.Cl.Nc1nccc(Nc2ccc(CC(=O)O)cc2)n1.Nc1nccc(Nc2ccc3[nH]ccc3c2)n1. The van der Waals surface area contributed by atoms with Crippen LogP contribution >= 0.6 is 98.6 Å². The number of halogens is 7. The molecule has 0 atom stereocenters. The van der Waals surface area contributed by atoms with Crippen LogP contribution in [0, 0.1) is 0 Å². The van der Waals surface area contributed by atoms with Crippen molar-refractivity contribution in [2.24, 2.45) is 0 Å². The van der Waals surface area contributed by atoms with E-state index in [1.807, 2.05) is 73.1 Å². The Hall–Kier alpha value is -15.0. The number of hydrogen-bond donors (Lipinski definition) is 16. The second kappa shape index (κ2) is 57.8. The molecule has 23 N–H and O–H groups in total. The number of anilines is 21. The molecule has 15 rings (SSSR count). The van der Waals surface area contributed by atoms with Crippen molar-refractivity contribution < 1.29 is 46.9 Å². The van der Waals surface area contributed by atoms with Gasteiger partial charge in [0.05, 0.1) is 49.5 Å². The van der Waals surface area contributed by atoms with Gasteiger partial charge in [-0.3, -0.25) is 9.59 Å². The van der Waals surface area contributed by atoms with Crippen molar-refractivity contribution in [3.8, 4) is 5.75 Å². The van der Waals surface area contributed by atoms with Crippen LogP contribution in [0.1, 0.15) is 38.8 Å². The maximum atomic E-state index is 11.4. The average Bonchev–Trinajstić information content (AvgIpc) is 1.58. The van der Waals surface area contributed by atoms with Crippen molar-refractivity contribution >= 4 is 265 Å². The number of carboxylic acid groups (broad SMARTS) is 1. The number of fused-ring (bicyclic) bond motifs is 1. The van der Waals surface area contributed by atoms with Gasteiger partial charge in [0.2, 0.25) is 41.6 Å². The summed E-state index contributed by atoms with van der Waals surface area (Å²) in [5.74, 6) is 4.88. The summed E-state index contributed by atoms with van der Waals surface area (Å²) in [5.41, 5.74) is 47.9. The summed E-state index contributed by atoms with van der Waals surface area (Å²) in [6, 6.07) is 60.9. The zero-order chi connectivity index (χ0) is 89.6. The number of nitrogens with two attached hydrogens (primary N) is 7. The number of H-pyrrole nitrogens is 1. The number of hydrogen-bond acceptors (Lipinski definition) is 38. The van der Waals surface area contributed by atoms with Gasteiger partial charge in [-0.05, 0) is 206 Å². The van der Waals surface area contributed by atoms with Gasteiger partial charge in [-0.1, -0.05) is 24.3 Å². The zero-order valence-electron chi connectivity index (χ0n) is 70.8. The Morgan fingerprint density at radius 1 is 0.386 bits per heavy atom. The normalized spacial score (nSPS) is 9.68. The number of esters is 2. The number of methoxy groups -OCH3 is 3. The molecule has 48 heteroatoms. The summed E-state index contributed by atoms with van der Waals surface area (Å²) < 4.78 is 37.2. The van der Waals surface area contributed by atoms with Crippen molar-refractivity contribution in [2.45, 2.75) is 29.6 Å². The van der Waals surface area contributed by atoms with Gasteiger partial charge in [0.1, 0.15) is 52.3 Å². The summed E-state index contributed by atoms with van der Waals surface area (Å²) in [6.07, 6.45) is 16.6. The lowest BCUT2D eigenvalue weighted by molar-refractivity contribution is -0.136. The summed E-state index contributed by atoms with van der Waals surface area (Å²) in [7, 11) is 1.09. The van der Waals surface area contributed by atoms with E-state index in [-0.39, 0.29) is 158 Å². The number of aromatic nitrogens is 15. The number of Topliss-reactive ketones (excluding diaryl/α,β-unsaturated/α-hetero) is 1. The molecule has 132 heavy (non-hydrogen) atoms. The van der Waals surface area contributed by atoms with Gasteiger partial charge in [0.25, 0.3) is 0 Å². The molecule has 696 valence electrons. The van der Waals surface area contributed by atoms with Crippen LogP contribution in [0.25, 0.3) is 10.9 Å². The largest absolute Gasteiger partial charge is 0.495 e. The van der Waals surface area contributed by atoms with Crippen molar-refractivity contribution in [1.29, 1.82) is 0 Å². The number of sulfone groups is 1. The number of ether oxygens (including phenoxy) is 3. The van der Waals surface area contributed by atoms with Gasteiger partial charge in [-0.2, -0.15) is 34.9 Å². The molecule has 39 nitrogen and oxygen atoms in total. The van der Waals surface area contributed by atoms with Crippen molar-refractivity contribution in [3.05, 3.63) is 278 Å². The highest BCUT2D eigenvalue weighted by atomic mass is 35.5. The molecule has 0 spiro atoms. The van der Waals surface area contributed by atoms with E-state index in [0.29, 0.717) is 64.0 Å². The summed E-state index contributed by atoms with van der Waals surface area (Å²) in [5, 5.41) is 31.4. The molecule has 0 saturated heterocycles. The smallest absolute Gasteiger partial charge is 0.337 e. The van der Waals surface area contributed by atoms with Gasteiger partial charge in [0, 0.05) is 112 Å². The first kappa shape index (κ1) is 113. The summed E-state index contributed by atoms with van der Waals surface area (Å²) in [4.78, 5) is 104. The van der Waals surface area contributed by atoms with Gasteiger partial charge in [-0.15, -0.1) is 98.6 Å². The molecule has 0 radical (unpaired) electrons. The van der Waals surface area contributed by atoms with E-state index in [4.69, 9.17) is 50.0 Å². The third-order valence-corrected chi connectivity index (χ3v) is 18.0. The van der Waals surface area contributed by atoms with E-state index >= 15 is 0 Å².